The SMILES string of the molecule is CN1C(=O)COc2ccc(-c3ccnc([NH2+]c4cccc(C(N)=O)c4)n3)cc21. The molecule has 0 bridgehead atoms. The summed E-state index contributed by atoms with van der Waals surface area (Å²) in [7, 11) is 1.72. The molecule has 0 atom stereocenters. The average Bonchev–Trinajstić information content (AvgIpc) is 2.71. The Balaban J connectivity index is 1.64. The Morgan fingerprint density at radius 1 is 1.21 bits per heavy atom. The van der Waals surface area contributed by atoms with Crippen LogP contribution in [0.2, 0.25) is 0 Å². The fourth-order valence-corrected chi connectivity index (χ4v) is 2.97. The summed E-state index contributed by atoms with van der Waals surface area (Å²) < 4.78 is 5.46. The molecule has 4 rings (SSSR count). The summed E-state index contributed by atoms with van der Waals surface area (Å²) in [6.45, 7) is 0.0415. The molecule has 0 unspecified atom stereocenters. The number of carbonyl (C=O) groups excluding carboxylic acids is 2. The standard InChI is InChI=1S/C20H17N5O3/c1-25-16-10-12(5-6-17(16)28-11-18(25)26)15-7-8-22-20(24-15)23-14-4-2-3-13(9-14)19(21)27/h2-10H,11H2,1H3,(H2,21,27)(H,22,23,24)/p+1. The van der Waals surface area contributed by atoms with E-state index in [1.807, 2.05) is 24.3 Å². The number of ether oxygens (including phenoxy) is 1. The Labute approximate surface area is 161 Å². The number of nitrogens with two attached hydrogens (primary N) is 2. The van der Waals surface area contributed by atoms with Gasteiger partial charge < -0.3 is 15.4 Å². The number of rotatable bonds is 4. The minimum Gasteiger partial charge on any atom is -0.482 e. The van der Waals surface area contributed by atoms with E-state index in [2.05, 4.69) is 9.97 Å². The van der Waals surface area contributed by atoms with Gasteiger partial charge in [-0.1, -0.05) is 6.07 Å². The van der Waals surface area contributed by atoms with Crippen LogP contribution in [0.1, 0.15) is 10.4 Å². The van der Waals surface area contributed by atoms with Crippen molar-refractivity contribution >= 4 is 29.1 Å². The second kappa shape index (κ2) is 7.09. The van der Waals surface area contributed by atoms with Gasteiger partial charge in [-0.15, -0.1) is 0 Å². The summed E-state index contributed by atoms with van der Waals surface area (Å²) in [6.07, 6.45) is 1.66. The average molecular weight is 376 g/mol. The van der Waals surface area contributed by atoms with Crippen LogP contribution in [-0.2, 0) is 4.79 Å². The zero-order chi connectivity index (χ0) is 19.7. The molecule has 0 spiro atoms. The van der Waals surface area contributed by atoms with Crippen LogP contribution in [0, 0.1) is 0 Å². The number of hydrogen-bond acceptors (Lipinski definition) is 5. The van der Waals surface area contributed by atoms with Gasteiger partial charge in [-0.3, -0.25) is 9.59 Å². The van der Waals surface area contributed by atoms with Gasteiger partial charge in [-0.05, 0) is 36.4 Å². The van der Waals surface area contributed by atoms with Crippen LogP contribution in [-0.4, -0.2) is 35.4 Å². The number of nitrogens with zero attached hydrogens (tertiary/aromatic N) is 3. The number of fused-ring (bicyclic) bond motifs is 1. The van der Waals surface area contributed by atoms with Crippen LogP contribution < -0.4 is 20.7 Å². The van der Waals surface area contributed by atoms with Gasteiger partial charge in [0.15, 0.2) is 6.61 Å². The first-order valence-electron chi connectivity index (χ1n) is 8.63. The van der Waals surface area contributed by atoms with E-state index in [1.165, 1.54) is 0 Å². The molecule has 8 heteroatoms. The number of amides is 2. The van der Waals surface area contributed by atoms with Gasteiger partial charge in [-0.2, -0.15) is 9.97 Å². The van der Waals surface area contributed by atoms with Gasteiger partial charge in [0.1, 0.15) is 11.4 Å². The number of benzene rings is 2. The molecule has 0 fully saturated rings. The quantitative estimate of drug-likeness (QED) is 0.662. The van der Waals surface area contributed by atoms with Crippen molar-refractivity contribution in [1.29, 1.82) is 0 Å². The van der Waals surface area contributed by atoms with Gasteiger partial charge in [0, 0.05) is 30.4 Å². The monoisotopic (exact) mass is 376 g/mol. The van der Waals surface area contributed by atoms with Crippen molar-refractivity contribution in [2.45, 2.75) is 0 Å². The van der Waals surface area contributed by atoms with Crippen molar-refractivity contribution < 1.29 is 19.6 Å². The first-order valence-corrected chi connectivity index (χ1v) is 8.63. The highest BCUT2D eigenvalue weighted by molar-refractivity contribution is 5.98. The zero-order valence-corrected chi connectivity index (χ0v) is 15.1. The molecule has 8 nitrogen and oxygen atoms in total. The molecule has 3 aromatic rings. The third-order valence-electron chi connectivity index (χ3n) is 4.48. The number of hydrogen-bond donors (Lipinski definition) is 2. The Hall–Kier alpha value is -3.78. The lowest BCUT2D eigenvalue weighted by Gasteiger charge is -2.26. The van der Waals surface area contributed by atoms with Gasteiger partial charge >= 0.3 is 5.95 Å². The second-order valence-corrected chi connectivity index (χ2v) is 6.36. The molecule has 0 aliphatic carbocycles. The number of quaternary nitrogens is 1. The van der Waals surface area contributed by atoms with Gasteiger partial charge in [0.25, 0.3) is 5.91 Å². The Bertz CT molecular complexity index is 1080. The number of anilines is 1. The van der Waals surface area contributed by atoms with Crippen molar-refractivity contribution in [2.24, 2.45) is 5.73 Å². The maximum atomic E-state index is 11.9. The maximum absolute atomic E-state index is 11.9. The fourth-order valence-electron chi connectivity index (χ4n) is 2.97. The van der Waals surface area contributed by atoms with Crippen LogP contribution >= 0.6 is 0 Å². The van der Waals surface area contributed by atoms with Crippen LogP contribution in [0.15, 0.2) is 54.7 Å². The molecule has 140 valence electrons. The lowest BCUT2D eigenvalue weighted by molar-refractivity contribution is -0.487. The van der Waals surface area contributed by atoms with E-state index in [0.717, 1.165) is 11.3 Å². The number of carbonyl (C=O) groups is 2. The Morgan fingerprint density at radius 2 is 2.07 bits per heavy atom. The summed E-state index contributed by atoms with van der Waals surface area (Å²) in [6, 6.07) is 14.3. The van der Waals surface area contributed by atoms with Gasteiger partial charge in [0.2, 0.25) is 5.91 Å². The molecule has 4 N–H and O–H groups in total. The Kier molecular flexibility index (Phi) is 4.46. The summed E-state index contributed by atoms with van der Waals surface area (Å²) in [5, 5.41) is 1.77. The van der Waals surface area contributed by atoms with Crippen LogP contribution in [0.3, 0.4) is 0 Å². The number of likely N-dealkylation sites (N-methyl/N-ethyl adjacent to an activating group) is 1. The Morgan fingerprint density at radius 3 is 2.89 bits per heavy atom. The van der Waals surface area contributed by atoms with Crippen LogP contribution in [0.25, 0.3) is 11.3 Å². The van der Waals surface area contributed by atoms with E-state index >= 15 is 0 Å². The van der Waals surface area contributed by atoms with Crippen LogP contribution in [0.5, 0.6) is 5.75 Å². The lowest BCUT2D eigenvalue weighted by Crippen LogP contribution is -2.72. The topological polar surface area (TPSA) is 115 Å². The molecule has 2 amide bonds. The summed E-state index contributed by atoms with van der Waals surface area (Å²) in [5.74, 6) is 0.572. The first kappa shape index (κ1) is 17.6. The highest BCUT2D eigenvalue weighted by Crippen LogP contribution is 2.34. The predicted octanol–water partition coefficient (Wildman–Crippen LogP) is 1.12. The van der Waals surface area contributed by atoms with Gasteiger partial charge in [0.05, 0.1) is 11.4 Å². The smallest absolute Gasteiger partial charge is 0.331 e. The third kappa shape index (κ3) is 3.40. The van der Waals surface area contributed by atoms with E-state index in [1.54, 1.807) is 47.7 Å². The zero-order valence-electron chi connectivity index (χ0n) is 15.1. The molecule has 28 heavy (non-hydrogen) atoms. The third-order valence-corrected chi connectivity index (χ3v) is 4.48. The molecular formula is C20H18N5O3+. The largest absolute Gasteiger partial charge is 0.482 e. The van der Waals surface area contributed by atoms with E-state index in [-0.39, 0.29) is 12.5 Å². The summed E-state index contributed by atoms with van der Waals surface area (Å²) in [5.41, 5.74) is 8.78. The second-order valence-electron chi connectivity index (χ2n) is 6.36. The molecule has 2 aromatic carbocycles. The van der Waals surface area contributed by atoms with Crippen molar-refractivity contribution in [2.75, 3.05) is 18.6 Å². The predicted molar refractivity (Wildman–Crippen MR) is 103 cm³/mol. The van der Waals surface area contributed by atoms with E-state index in [4.69, 9.17) is 10.5 Å². The minimum absolute atomic E-state index is 0.0415. The highest BCUT2D eigenvalue weighted by atomic mass is 16.5. The molecule has 0 radical (unpaired) electrons. The van der Waals surface area contributed by atoms with Crippen LogP contribution in [0.4, 0.5) is 17.3 Å². The van der Waals surface area contributed by atoms with E-state index < -0.39 is 5.91 Å². The van der Waals surface area contributed by atoms with Crippen molar-refractivity contribution in [1.82, 2.24) is 9.97 Å². The fraction of sp³-hybridized carbons (Fsp3) is 0.100. The van der Waals surface area contributed by atoms with Crippen molar-refractivity contribution in [3.05, 3.63) is 60.3 Å². The normalized spacial score (nSPS) is 13.0. The number of aromatic nitrogens is 2. The summed E-state index contributed by atoms with van der Waals surface area (Å²) >= 11 is 0. The molecule has 1 aliphatic rings. The maximum Gasteiger partial charge on any atom is 0.331 e. The number of primary amides is 1. The van der Waals surface area contributed by atoms with Gasteiger partial charge in [-0.25, -0.2) is 5.32 Å². The highest BCUT2D eigenvalue weighted by Gasteiger charge is 2.22. The molecule has 2 heterocycles. The summed E-state index contributed by atoms with van der Waals surface area (Å²) in [4.78, 5) is 33.7. The molecule has 0 saturated carbocycles. The van der Waals surface area contributed by atoms with E-state index in [9.17, 15) is 9.59 Å². The molecule has 0 saturated heterocycles. The van der Waals surface area contributed by atoms with E-state index in [0.29, 0.717) is 28.6 Å². The molecule has 1 aromatic heterocycles. The molecule has 1 aliphatic heterocycles. The first-order chi connectivity index (χ1) is 13.5. The minimum atomic E-state index is -0.486. The lowest BCUT2D eigenvalue weighted by atomic mass is 10.1. The van der Waals surface area contributed by atoms with Crippen molar-refractivity contribution in [3.8, 4) is 17.0 Å². The molecular weight excluding hydrogens is 358 g/mol. The van der Waals surface area contributed by atoms with Crippen molar-refractivity contribution in [3.63, 3.8) is 0 Å².